The highest BCUT2D eigenvalue weighted by Gasteiger charge is 2.22. The Morgan fingerprint density at radius 3 is 2.81 bits per heavy atom. The van der Waals surface area contributed by atoms with Crippen LogP contribution in [0.4, 0.5) is 5.82 Å². The van der Waals surface area contributed by atoms with E-state index < -0.39 is 0 Å². The third-order valence-corrected chi connectivity index (χ3v) is 4.09. The summed E-state index contributed by atoms with van der Waals surface area (Å²) in [4.78, 5) is 11.7. The molecule has 1 atom stereocenters. The minimum Gasteiger partial charge on any atom is -0.352 e. The Hall–Kier alpha value is -1.16. The largest absolute Gasteiger partial charge is 0.352 e. The molecule has 1 N–H and O–H groups in total. The van der Waals surface area contributed by atoms with Gasteiger partial charge in [0.15, 0.2) is 0 Å². The number of aromatic nitrogens is 2. The maximum Gasteiger partial charge on any atom is 0.147 e. The zero-order valence-electron chi connectivity index (χ0n) is 13.8. The van der Waals surface area contributed by atoms with Gasteiger partial charge in [-0.3, -0.25) is 4.98 Å². The molecule has 0 radical (unpaired) electrons. The number of piperidine rings is 1. The normalized spacial score (nSPS) is 19.2. The van der Waals surface area contributed by atoms with Crippen LogP contribution in [0.3, 0.4) is 0 Å². The topological polar surface area (TPSA) is 41.1 Å². The Labute approximate surface area is 129 Å². The molecule has 1 aliphatic rings. The fourth-order valence-electron chi connectivity index (χ4n) is 3.01. The molecule has 0 bridgehead atoms. The molecule has 2 heterocycles. The summed E-state index contributed by atoms with van der Waals surface area (Å²) >= 11 is 0. The van der Waals surface area contributed by atoms with Crippen molar-refractivity contribution in [2.75, 3.05) is 18.0 Å². The van der Waals surface area contributed by atoms with E-state index in [1.54, 1.807) is 0 Å². The van der Waals surface area contributed by atoms with E-state index in [1.165, 1.54) is 32.1 Å². The molecule has 1 unspecified atom stereocenters. The average Bonchev–Trinajstić information content (AvgIpc) is 2.49. The van der Waals surface area contributed by atoms with Crippen LogP contribution in [0.1, 0.15) is 58.6 Å². The molecule has 0 spiro atoms. The molecule has 118 valence electrons. The van der Waals surface area contributed by atoms with Crippen molar-refractivity contribution in [2.24, 2.45) is 5.92 Å². The lowest BCUT2D eigenvalue weighted by Crippen LogP contribution is -2.40. The van der Waals surface area contributed by atoms with Gasteiger partial charge in [-0.15, -0.1) is 0 Å². The molecular formula is C17H30N4. The van der Waals surface area contributed by atoms with Crippen LogP contribution in [0.2, 0.25) is 0 Å². The third kappa shape index (κ3) is 4.95. The lowest BCUT2D eigenvalue weighted by atomic mass is 9.98. The van der Waals surface area contributed by atoms with Crippen LogP contribution in [0.25, 0.3) is 0 Å². The number of hydrogen-bond acceptors (Lipinski definition) is 4. The summed E-state index contributed by atoms with van der Waals surface area (Å²) in [5.74, 6) is 1.72. The lowest BCUT2D eigenvalue weighted by Gasteiger charge is -2.36. The Balaban J connectivity index is 1.93. The van der Waals surface area contributed by atoms with Crippen molar-refractivity contribution >= 4 is 5.82 Å². The van der Waals surface area contributed by atoms with Crippen LogP contribution in [0.15, 0.2) is 12.4 Å². The average molecular weight is 290 g/mol. The molecule has 0 aromatic carbocycles. The number of nitrogens with one attached hydrogen (secondary N) is 1. The summed E-state index contributed by atoms with van der Waals surface area (Å²) in [5, 5.41) is 3.41. The van der Waals surface area contributed by atoms with E-state index >= 15 is 0 Å². The van der Waals surface area contributed by atoms with Crippen molar-refractivity contribution in [2.45, 2.75) is 65.5 Å². The van der Waals surface area contributed by atoms with E-state index in [4.69, 9.17) is 0 Å². The number of nitrogens with zero attached hydrogens (tertiary/aromatic N) is 3. The van der Waals surface area contributed by atoms with Gasteiger partial charge in [-0.2, -0.15) is 0 Å². The van der Waals surface area contributed by atoms with Crippen molar-refractivity contribution in [3.8, 4) is 0 Å². The first-order valence-corrected chi connectivity index (χ1v) is 8.49. The molecule has 4 nitrogen and oxygen atoms in total. The van der Waals surface area contributed by atoms with Crippen LogP contribution in [0.5, 0.6) is 0 Å². The lowest BCUT2D eigenvalue weighted by molar-refractivity contribution is 0.431. The molecule has 1 saturated heterocycles. The van der Waals surface area contributed by atoms with Gasteiger partial charge in [0.05, 0.1) is 18.1 Å². The molecule has 1 aromatic rings. The van der Waals surface area contributed by atoms with Gasteiger partial charge in [-0.1, -0.05) is 27.2 Å². The van der Waals surface area contributed by atoms with Gasteiger partial charge in [-0.25, -0.2) is 4.98 Å². The smallest absolute Gasteiger partial charge is 0.147 e. The molecule has 1 aromatic heterocycles. The number of anilines is 1. The first-order chi connectivity index (χ1) is 10.2. The van der Waals surface area contributed by atoms with Gasteiger partial charge in [0.2, 0.25) is 0 Å². The fourth-order valence-corrected chi connectivity index (χ4v) is 3.01. The zero-order valence-corrected chi connectivity index (χ0v) is 13.8. The molecular weight excluding hydrogens is 260 g/mol. The minimum absolute atomic E-state index is 0.656. The van der Waals surface area contributed by atoms with Gasteiger partial charge in [0.25, 0.3) is 0 Å². The maximum atomic E-state index is 4.66. The molecule has 0 aliphatic carbocycles. The highest BCUT2D eigenvalue weighted by Crippen LogP contribution is 2.25. The Bertz CT molecular complexity index is 400. The molecule has 1 aliphatic heterocycles. The van der Waals surface area contributed by atoms with Crippen molar-refractivity contribution < 1.29 is 0 Å². The molecule has 0 amide bonds. The molecule has 0 saturated carbocycles. The third-order valence-electron chi connectivity index (χ3n) is 4.09. The number of rotatable bonds is 7. The van der Waals surface area contributed by atoms with Crippen molar-refractivity contribution in [1.29, 1.82) is 0 Å². The standard InChI is InChI=1S/C17H30N4/c1-4-7-16-8-5-6-9-21(16)17-13-19-15(12-20-17)11-18-10-14(2)3/h12-14,16,18H,4-11H2,1-3H3. The SMILES string of the molecule is CCCC1CCCCN1c1cnc(CNCC(C)C)cn1. The van der Waals surface area contributed by atoms with E-state index in [0.29, 0.717) is 12.0 Å². The summed E-state index contributed by atoms with van der Waals surface area (Å²) in [6.07, 6.45) is 10.3. The monoisotopic (exact) mass is 290 g/mol. The summed E-state index contributed by atoms with van der Waals surface area (Å²) in [7, 11) is 0. The van der Waals surface area contributed by atoms with Crippen molar-refractivity contribution in [1.82, 2.24) is 15.3 Å². The van der Waals surface area contributed by atoms with E-state index in [9.17, 15) is 0 Å². The van der Waals surface area contributed by atoms with Gasteiger partial charge < -0.3 is 10.2 Å². The fraction of sp³-hybridized carbons (Fsp3) is 0.765. The maximum absolute atomic E-state index is 4.66. The highest BCUT2D eigenvalue weighted by molar-refractivity contribution is 5.38. The van der Waals surface area contributed by atoms with E-state index in [0.717, 1.165) is 31.1 Å². The van der Waals surface area contributed by atoms with Crippen LogP contribution in [-0.4, -0.2) is 29.1 Å². The van der Waals surface area contributed by atoms with Crippen LogP contribution >= 0.6 is 0 Å². The predicted octanol–water partition coefficient (Wildman–Crippen LogP) is 3.38. The zero-order chi connectivity index (χ0) is 15.1. The second-order valence-corrected chi connectivity index (χ2v) is 6.52. The molecule has 2 rings (SSSR count). The Morgan fingerprint density at radius 1 is 1.29 bits per heavy atom. The van der Waals surface area contributed by atoms with E-state index in [2.05, 4.69) is 41.0 Å². The molecule has 1 fully saturated rings. The Morgan fingerprint density at radius 2 is 2.14 bits per heavy atom. The summed E-state index contributed by atoms with van der Waals surface area (Å²) < 4.78 is 0. The van der Waals surface area contributed by atoms with Crippen molar-refractivity contribution in [3.63, 3.8) is 0 Å². The number of hydrogen-bond donors (Lipinski definition) is 1. The quantitative estimate of drug-likeness (QED) is 0.836. The second kappa shape index (κ2) is 8.32. The first kappa shape index (κ1) is 16.2. The molecule has 4 heteroatoms. The minimum atomic E-state index is 0.656. The van der Waals surface area contributed by atoms with Gasteiger partial charge in [0.1, 0.15) is 5.82 Å². The first-order valence-electron chi connectivity index (χ1n) is 8.49. The molecule has 21 heavy (non-hydrogen) atoms. The predicted molar refractivity (Wildman–Crippen MR) is 88.5 cm³/mol. The van der Waals surface area contributed by atoms with Crippen molar-refractivity contribution in [3.05, 3.63) is 18.1 Å². The highest BCUT2D eigenvalue weighted by atomic mass is 15.2. The van der Waals surface area contributed by atoms with E-state index in [-0.39, 0.29) is 0 Å². The van der Waals surface area contributed by atoms with Crippen LogP contribution in [-0.2, 0) is 6.54 Å². The van der Waals surface area contributed by atoms with Crippen LogP contribution < -0.4 is 10.2 Å². The summed E-state index contributed by atoms with van der Waals surface area (Å²) in [6, 6.07) is 0.656. The van der Waals surface area contributed by atoms with Gasteiger partial charge >= 0.3 is 0 Å². The van der Waals surface area contributed by atoms with Gasteiger partial charge in [0, 0.05) is 19.1 Å². The summed E-state index contributed by atoms with van der Waals surface area (Å²) in [6.45, 7) is 9.65. The second-order valence-electron chi connectivity index (χ2n) is 6.52. The summed E-state index contributed by atoms with van der Waals surface area (Å²) in [5.41, 5.74) is 1.03. The van der Waals surface area contributed by atoms with Gasteiger partial charge in [-0.05, 0) is 38.1 Å². The Kier molecular flexibility index (Phi) is 6.43. The van der Waals surface area contributed by atoms with E-state index in [1.807, 2.05) is 12.4 Å². The van der Waals surface area contributed by atoms with Crippen LogP contribution in [0, 0.1) is 5.92 Å².